The number of nitrogens with zero attached hydrogens (tertiary/aromatic N) is 5. The number of anilines is 1. The number of hydrogen-bond acceptors (Lipinski definition) is 8. The molecule has 3 aliphatic rings. The molecule has 5 heterocycles. The van der Waals surface area contributed by atoms with Crippen LogP contribution in [0.3, 0.4) is 0 Å². The van der Waals surface area contributed by atoms with E-state index in [0.29, 0.717) is 42.6 Å². The van der Waals surface area contributed by atoms with Crippen LogP contribution < -0.4 is 15.0 Å². The number of halogens is 2. The molecule has 0 saturated carbocycles. The number of carbonyl (C=O) groups excluding carboxylic acids is 1. The maximum atomic E-state index is 17.0. The van der Waals surface area contributed by atoms with E-state index >= 15 is 8.78 Å². The van der Waals surface area contributed by atoms with Gasteiger partial charge in [-0.3, -0.25) is 14.7 Å². The topological polar surface area (TPSA) is 92.7 Å². The minimum atomic E-state index is -1.31. The maximum absolute atomic E-state index is 17.0. The Bertz CT molecular complexity index is 1870. The number of rotatable bonds is 11. The number of amides is 1. The van der Waals surface area contributed by atoms with E-state index in [9.17, 15) is 4.79 Å². The number of nitrogens with one attached hydrogen (secondary N) is 1. The normalized spacial score (nSPS) is 22.4. The third-order valence-electron chi connectivity index (χ3n) is 10.7. The van der Waals surface area contributed by atoms with Crippen LogP contribution in [0.4, 0.5) is 14.6 Å². The van der Waals surface area contributed by atoms with Crippen molar-refractivity contribution in [2.24, 2.45) is 0 Å². The second kappa shape index (κ2) is 13.1. The summed E-state index contributed by atoms with van der Waals surface area (Å²) in [6, 6.07) is 11.6. The number of benzene rings is 2. The molecule has 0 bridgehead atoms. The van der Waals surface area contributed by atoms with E-state index in [0.717, 1.165) is 55.1 Å². The van der Waals surface area contributed by atoms with Gasteiger partial charge >= 0.3 is 6.01 Å². The van der Waals surface area contributed by atoms with Crippen molar-refractivity contribution in [1.82, 2.24) is 25.2 Å². The van der Waals surface area contributed by atoms with Crippen molar-refractivity contribution >= 4 is 49.6 Å². The van der Waals surface area contributed by atoms with Gasteiger partial charge in [-0.25, -0.2) is 8.78 Å². The number of fused-ring (bicyclic) bond motifs is 3. The molecular weight excluding hydrogens is 624 g/mol. The van der Waals surface area contributed by atoms with E-state index in [-0.39, 0.29) is 42.3 Å². The van der Waals surface area contributed by atoms with Gasteiger partial charge in [0.05, 0.1) is 38.7 Å². The molecular formula is C36H40B2F2N6O3. The molecule has 2 aromatic heterocycles. The first-order valence-electron chi connectivity index (χ1n) is 17.0. The van der Waals surface area contributed by atoms with Crippen molar-refractivity contribution in [3.8, 4) is 17.3 Å². The molecule has 2 aromatic carbocycles. The van der Waals surface area contributed by atoms with Crippen LogP contribution in [0, 0.1) is 5.82 Å². The molecule has 49 heavy (non-hydrogen) atoms. The molecule has 9 nitrogen and oxygen atoms in total. The second-order valence-electron chi connectivity index (χ2n) is 14.2. The molecule has 4 aromatic rings. The van der Waals surface area contributed by atoms with Crippen molar-refractivity contribution in [2.75, 3.05) is 44.8 Å². The minimum absolute atomic E-state index is 0.0146. The van der Waals surface area contributed by atoms with Crippen molar-refractivity contribution in [3.63, 3.8) is 0 Å². The number of methoxy groups -OCH3 is 1. The van der Waals surface area contributed by atoms with Crippen LogP contribution in [0.2, 0.25) is 0 Å². The van der Waals surface area contributed by atoms with Crippen LogP contribution in [0.25, 0.3) is 32.9 Å². The van der Waals surface area contributed by atoms with Crippen LogP contribution in [0.15, 0.2) is 42.6 Å². The summed E-state index contributed by atoms with van der Waals surface area (Å²) >= 11 is 0. The van der Waals surface area contributed by atoms with E-state index in [1.807, 2.05) is 36.4 Å². The van der Waals surface area contributed by atoms with E-state index in [1.54, 1.807) is 18.0 Å². The molecule has 7 rings (SSSR count). The monoisotopic (exact) mass is 664 g/mol. The van der Waals surface area contributed by atoms with Crippen LogP contribution >= 0.6 is 0 Å². The standard InChI is InChI=1S/C36H40B2F2N6O3/c1-34(42-22-47)17-25(39)19-45(20-34)32-27-18-41-30(26-10-4-9-23-7-3-8-24(28(23)26)11-14-36(37,38)48-2)29(40)31(27)43-33(44-32)49-21-35-12-5-15-46(35)16-6-13-35/h3-4,7-10,18,22,25H,5-6,11-17,19-21H2,1-2H3,(H,42,47). The lowest BCUT2D eigenvalue weighted by Gasteiger charge is -2.42. The fraction of sp³-hybridized carbons (Fsp3) is 0.500. The molecule has 3 aliphatic heterocycles. The number of aryl methyl sites for hydroxylation is 1. The smallest absolute Gasteiger partial charge is 0.319 e. The van der Waals surface area contributed by atoms with Crippen LogP contribution in [0.1, 0.15) is 51.0 Å². The van der Waals surface area contributed by atoms with E-state index < -0.39 is 22.9 Å². The fourth-order valence-corrected chi connectivity index (χ4v) is 8.18. The first kappa shape index (κ1) is 33.7. The zero-order chi connectivity index (χ0) is 34.4. The van der Waals surface area contributed by atoms with Crippen molar-refractivity contribution in [1.29, 1.82) is 0 Å². The van der Waals surface area contributed by atoms with Crippen molar-refractivity contribution in [2.45, 2.75) is 74.5 Å². The quantitative estimate of drug-likeness (QED) is 0.184. The number of ether oxygens (including phenoxy) is 2. The highest BCUT2D eigenvalue weighted by atomic mass is 19.1. The number of carbonyl (C=O) groups is 1. The molecule has 3 saturated heterocycles. The summed E-state index contributed by atoms with van der Waals surface area (Å²) < 4.78 is 43.9. The number of alkyl halides is 1. The highest BCUT2D eigenvalue weighted by molar-refractivity contribution is 6.39. The lowest BCUT2D eigenvalue weighted by molar-refractivity contribution is -0.111. The van der Waals surface area contributed by atoms with Gasteiger partial charge in [0.2, 0.25) is 6.41 Å². The van der Waals surface area contributed by atoms with E-state index in [2.05, 4.69) is 20.2 Å². The van der Waals surface area contributed by atoms with E-state index in [4.69, 9.17) is 30.2 Å². The van der Waals surface area contributed by atoms with Gasteiger partial charge in [-0.2, -0.15) is 9.97 Å². The van der Waals surface area contributed by atoms with Crippen molar-refractivity contribution in [3.05, 3.63) is 54.0 Å². The van der Waals surface area contributed by atoms with Crippen LogP contribution in [-0.4, -0.2) is 104 Å². The van der Waals surface area contributed by atoms with Gasteiger partial charge in [0.15, 0.2) is 5.82 Å². The lowest BCUT2D eigenvalue weighted by Crippen LogP contribution is -2.58. The Morgan fingerprint density at radius 3 is 2.63 bits per heavy atom. The highest BCUT2D eigenvalue weighted by Crippen LogP contribution is 2.41. The van der Waals surface area contributed by atoms with Crippen molar-refractivity contribution < 1.29 is 23.0 Å². The first-order chi connectivity index (χ1) is 23.5. The van der Waals surface area contributed by atoms with Gasteiger partial charge in [-0.1, -0.05) is 36.4 Å². The average Bonchev–Trinajstić information content (AvgIpc) is 3.67. The Labute approximate surface area is 288 Å². The third-order valence-corrected chi connectivity index (χ3v) is 10.7. The molecule has 3 fully saturated rings. The lowest BCUT2D eigenvalue weighted by atomic mass is 9.62. The Balaban J connectivity index is 1.34. The summed E-state index contributed by atoms with van der Waals surface area (Å²) in [5.74, 6) is -0.326. The Kier molecular flexibility index (Phi) is 9.02. The van der Waals surface area contributed by atoms with Crippen LogP contribution in [-0.2, 0) is 16.0 Å². The first-order valence-corrected chi connectivity index (χ1v) is 17.0. The molecule has 1 amide bonds. The van der Waals surface area contributed by atoms with Gasteiger partial charge in [-0.05, 0) is 80.3 Å². The SMILES string of the molecule is [B]C([B])(CCc1cccc2cccc(-c3ncc4c(N5CC(F)CC(C)(NC=O)C5)nc(OCC56CCCN5CCC6)nc4c3F)c12)OC. The number of hydrogen-bond donors (Lipinski definition) is 1. The fourth-order valence-electron chi connectivity index (χ4n) is 8.18. The van der Waals surface area contributed by atoms with Gasteiger partial charge < -0.3 is 19.7 Å². The number of aromatic nitrogens is 3. The molecule has 1 N–H and O–H groups in total. The number of pyridine rings is 1. The van der Waals surface area contributed by atoms with Gasteiger partial charge in [0.25, 0.3) is 0 Å². The summed E-state index contributed by atoms with van der Waals surface area (Å²) in [6.07, 6.45) is 6.08. The van der Waals surface area contributed by atoms with Gasteiger partial charge in [0, 0.05) is 31.8 Å². The summed E-state index contributed by atoms with van der Waals surface area (Å²) in [7, 11) is 13.6. The zero-order valence-electron chi connectivity index (χ0n) is 28.1. The van der Waals surface area contributed by atoms with Crippen LogP contribution in [0.5, 0.6) is 6.01 Å². The molecule has 0 spiro atoms. The van der Waals surface area contributed by atoms with Gasteiger partial charge in [0.1, 0.15) is 29.8 Å². The summed E-state index contributed by atoms with van der Waals surface area (Å²) in [5, 5.41) is 3.51. The molecule has 13 heteroatoms. The average molecular weight is 664 g/mol. The largest absolute Gasteiger partial charge is 0.461 e. The summed E-state index contributed by atoms with van der Waals surface area (Å²) in [5.41, 5.74) is 0.701. The number of piperidine rings is 1. The Morgan fingerprint density at radius 2 is 1.90 bits per heavy atom. The molecule has 0 aliphatic carbocycles. The molecule has 2 unspecified atom stereocenters. The minimum Gasteiger partial charge on any atom is -0.461 e. The Hall–Kier alpha value is -3.83. The highest BCUT2D eigenvalue weighted by Gasteiger charge is 2.45. The van der Waals surface area contributed by atoms with Gasteiger partial charge in [-0.15, -0.1) is 0 Å². The third kappa shape index (κ3) is 6.47. The maximum Gasteiger partial charge on any atom is 0.319 e. The Morgan fingerprint density at radius 1 is 1.14 bits per heavy atom. The predicted molar refractivity (Wildman–Crippen MR) is 187 cm³/mol. The van der Waals surface area contributed by atoms with E-state index in [1.165, 1.54) is 7.11 Å². The molecule has 2 atom stereocenters. The molecule has 4 radical (unpaired) electrons. The zero-order valence-corrected chi connectivity index (χ0v) is 28.1. The summed E-state index contributed by atoms with van der Waals surface area (Å²) in [4.78, 5) is 29.7. The predicted octanol–water partition coefficient (Wildman–Crippen LogP) is 4.61. The molecule has 252 valence electrons. The second-order valence-corrected chi connectivity index (χ2v) is 14.2. The summed E-state index contributed by atoms with van der Waals surface area (Å²) in [6.45, 7) is 4.50.